The molecule has 0 spiro atoms. The minimum atomic E-state index is -2.96. The van der Waals surface area contributed by atoms with E-state index in [-0.39, 0.29) is 23.5 Å². The van der Waals surface area contributed by atoms with Crippen molar-refractivity contribution >= 4 is 50.5 Å². The molecule has 7 nitrogen and oxygen atoms in total. The van der Waals surface area contributed by atoms with E-state index in [2.05, 4.69) is 25.8 Å². The van der Waals surface area contributed by atoms with Gasteiger partial charge in [-0.25, -0.2) is 8.42 Å². The maximum absolute atomic E-state index is 11.5. The highest BCUT2D eigenvalue weighted by molar-refractivity contribution is 7.91. The van der Waals surface area contributed by atoms with Crippen LogP contribution in [0.2, 0.25) is 10.0 Å². The molecule has 2 N–H and O–H groups in total. The fraction of sp³-hybridized carbons (Fsp3) is 0.308. The number of anilines is 3. The van der Waals surface area contributed by atoms with Crippen LogP contribution in [0.25, 0.3) is 0 Å². The number of rotatable bonds is 4. The Bertz CT molecular complexity index is 831. The van der Waals surface area contributed by atoms with Gasteiger partial charge in [0.1, 0.15) is 0 Å². The Balaban J connectivity index is 1.74. The molecule has 2 aromatic rings. The van der Waals surface area contributed by atoms with Crippen molar-refractivity contribution in [2.75, 3.05) is 22.1 Å². The number of sulfone groups is 1. The lowest BCUT2D eigenvalue weighted by atomic mass is 10.3. The van der Waals surface area contributed by atoms with Crippen LogP contribution in [0.5, 0.6) is 0 Å². The molecule has 0 bridgehead atoms. The SMILES string of the molecule is O=S1(=O)CCC(Nc2cnnc(Nc3cccc(Cl)c3Cl)n2)C1. The van der Waals surface area contributed by atoms with Gasteiger partial charge in [0.15, 0.2) is 15.7 Å². The predicted molar refractivity (Wildman–Crippen MR) is 90.3 cm³/mol. The van der Waals surface area contributed by atoms with E-state index in [4.69, 9.17) is 23.2 Å². The number of aromatic nitrogens is 3. The molecule has 1 aromatic carbocycles. The fourth-order valence-electron chi connectivity index (χ4n) is 2.26. The zero-order chi connectivity index (χ0) is 16.4. The van der Waals surface area contributed by atoms with Gasteiger partial charge in [-0.15, -0.1) is 5.10 Å². The minimum Gasteiger partial charge on any atom is -0.365 e. The summed E-state index contributed by atoms with van der Waals surface area (Å²) in [5.74, 6) is 0.967. The molecule has 3 rings (SSSR count). The van der Waals surface area contributed by atoms with Gasteiger partial charge in [-0.1, -0.05) is 29.3 Å². The normalized spacial score (nSPS) is 19.5. The Labute approximate surface area is 143 Å². The van der Waals surface area contributed by atoms with E-state index in [1.165, 1.54) is 6.20 Å². The third kappa shape index (κ3) is 4.01. The lowest BCUT2D eigenvalue weighted by molar-refractivity contribution is 0.602. The number of benzene rings is 1. The zero-order valence-corrected chi connectivity index (χ0v) is 14.2. The molecule has 1 saturated heterocycles. The molecule has 0 radical (unpaired) electrons. The van der Waals surface area contributed by atoms with Crippen LogP contribution in [0, 0.1) is 0 Å². The number of nitrogens with zero attached hydrogens (tertiary/aromatic N) is 3. The third-order valence-corrected chi connectivity index (χ3v) is 5.93. The molecule has 1 aliphatic rings. The summed E-state index contributed by atoms with van der Waals surface area (Å²) in [6.45, 7) is 0. The number of halogens is 2. The van der Waals surface area contributed by atoms with Gasteiger partial charge < -0.3 is 10.6 Å². The Morgan fingerprint density at radius 2 is 2.09 bits per heavy atom. The number of nitrogens with one attached hydrogen (secondary N) is 2. The lowest BCUT2D eigenvalue weighted by Gasteiger charge is -2.12. The third-order valence-electron chi connectivity index (χ3n) is 3.34. The summed E-state index contributed by atoms with van der Waals surface area (Å²) in [6.07, 6.45) is 1.99. The van der Waals surface area contributed by atoms with Crippen LogP contribution in [-0.2, 0) is 9.84 Å². The van der Waals surface area contributed by atoms with E-state index >= 15 is 0 Å². The second-order valence-electron chi connectivity index (χ2n) is 5.14. The fourth-order valence-corrected chi connectivity index (χ4v) is 4.29. The molecule has 0 saturated carbocycles. The van der Waals surface area contributed by atoms with E-state index in [1.54, 1.807) is 18.2 Å². The first-order valence-electron chi connectivity index (χ1n) is 6.81. The topological polar surface area (TPSA) is 96.9 Å². The van der Waals surface area contributed by atoms with Crippen molar-refractivity contribution in [2.45, 2.75) is 12.5 Å². The highest BCUT2D eigenvalue weighted by Crippen LogP contribution is 2.31. The van der Waals surface area contributed by atoms with Crippen LogP contribution in [0.15, 0.2) is 24.4 Å². The van der Waals surface area contributed by atoms with Crippen molar-refractivity contribution in [3.63, 3.8) is 0 Å². The highest BCUT2D eigenvalue weighted by Gasteiger charge is 2.28. The van der Waals surface area contributed by atoms with E-state index < -0.39 is 9.84 Å². The first-order chi connectivity index (χ1) is 10.9. The van der Waals surface area contributed by atoms with Crippen LogP contribution >= 0.6 is 23.2 Å². The van der Waals surface area contributed by atoms with Crippen molar-refractivity contribution in [1.82, 2.24) is 15.2 Å². The maximum atomic E-state index is 11.5. The summed E-state index contributed by atoms with van der Waals surface area (Å²) in [4.78, 5) is 4.26. The summed E-state index contributed by atoms with van der Waals surface area (Å²) in [7, 11) is -2.96. The predicted octanol–water partition coefficient (Wildman–Crippen LogP) is 2.52. The minimum absolute atomic E-state index is 0.0971. The summed E-state index contributed by atoms with van der Waals surface area (Å²) in [5, 5.41) is 14.5. The second-order valence-corrected chi connectivity index (χ2v) is 8.15. The van der Waals surface area contributed by atoms with Gasteiger partial charge in [0.25, 0.3) is 0 Å². The standard InChI is InChI=1S/C13H13Cl2N5O2S/c14-9-2-1-3-10(12(9)15)18-13-19-11(6-16-20-13)17-8-4-5-23(21,22)7-8/h1-3,6,8H,4-5,7H2,(H2,17,18,19,20). The summed E-state index contributed by atoms with van der Waals surface area (Å²) in [6, 6.07) is 4.99. The molecule has 1 aromatic heterocycles. The molecular weight excluding hydrogens is 361 g/mol. The van der Waals surface area contributed by atoms with Gasteiger partial charge in [0, 0.05) is 6.04 Å². The molecule has 1 fully saturated rings. The van der Waals surface area contributed by atoms with E-state index in [1.807, 2.05) is 0 Å². The molecule has 0 aliphatic carbocycles. The molecular formula is C13H13Cl2N5O2S. The van der Waals surface area contributed by atoms with Crippen molar-refractivity contribution in [1.29, 1.82) is 0 Å². The molecule has 122 valence electrons. The molecule has 1 atom stereocenters. The molecule has 1 aliphatic heterocycles. The van der Waals surface area contributed by atoms with Gasteiger partial charge >= 0.3 is 0 Å². The molecule has 0 amide bonds. The van der Waals surface area contributed by atoms with Gasteiger partial charge in [0.2, 0.25) is 5.95 Å². The Kier molecular flexibility index (Phi) is 4.56. The van der Waals surface area contributed by atoms with Crippen LogP contribution in [0.1, 0.15) is 6.42 Å². The van der Waals surface area contributed by atoms with E-state index in [0.717, 1.165) is 0 Å². The zero-order valence-electron chi connectivity index (χ0n) is 11.8. The van der Waals surface area contributed by atoms with Gasteiger partial charge in [-0.05, 0) is 18.6 Å². The van der Waals surface area contributed by atoms with Crippen LogP contribution < -0.4 is 10.6 Å². The Hall–Kier alpha value is -1.64. The van der Waals surface area contributed by atoms with E-state index in [9.17, 15) is 8.42 Å². The van der Waals surface area contributed by atoms with Crippen LogP contribution in [0.4, 0.5) is 17.5 Å². The van der Waals surface area contributed by atoms with E-state index in [0.29, 0.717) is 28.0 Å². The molecule has 10 heteroatoms. The molecule has 1 unspecified atom stereocenters. The number of hydrogen-bond donors (Lipinski definition) is 2. The maximum Gasteiger partial charge on any atom is 0.249 e. The first-order valence-corrected chi connectivity index (χ1v) is 9.38. The Morgan fingerprint density at radius 1 is 1.26 bits per heavy atom. The lowest BCUT2D eigenvalue weighted by Crippen LogP contribution is -2.21. The van der Waals surface area contributed by atoms with Crippen molar-refractivity contribution in [3.05, 3.63) is 34.4 Å². The monoisotopic (exact) mass is 373 g/mol. The van der Waals surface area contributed by atoms with Crippen molar-refractivity contribution in [2.24, 2.45) is 0 Å². The Morgan fingerprint density at radius 3 is 2.83 bits per heavy atom. The smallest absolute Gasteiger partial charge is 0.249 e. The van der Waals surface area contributed by atoms with Crippen molar-refractivity contribution in [3.8, 4) is 0 Å². The highest BCUT2D eigenvalue weighted by atomic mass is 35.5. The van der Waals surface area contributed by atoms with Crippen LogP contribution in [-0.4, -0.2) is 41.1 Å². The molecule has 23 heavy (non-hydrogen) atoms. The summed E-state index contributed by atoms with van der Waals surface area (Å²) >= 11 is 12.1. The average molecular weight is 374 g/mol. The van der Waals surface area contributed by atoms with Gasteiger partial charge in [-0.3, -0.25) is 0 Å². The largest absolute Gasteiger partial charge is 0.365 e. The number of hydrogen-bond acceptors (Lipinski definition) is 7. The first kappa shape index (κ1) is 16.2. The second kappa shape index (κ2) is 6.46. The quantitative estimate of drug-likeness (QED) is 0.849. The average Bonchev–Trinajstić information content (AvgIpc) is 2.83. The summed E-state index contributed by atoms with van der Waals surface area (Å²) in [5.41, 5.74) is 0.557. The van der Waals surface area contributed by atoms with Crippen molar-refractivity contribution < 1.29 is 8.42 Å². The van der Waals surface area contributed by atoms with Gasteiger partial charge in [0.05, 0.1) is 33.4 Å². The van der Waals surface area contributed by atoms with Crippen LogP contribution in [0.3, 0.4) is 0 Å². The molecule has 2 heterocycles. The van der Waals surface area contributed by atoms with Gasteiger partial charge in [-0.2, -0.15) is 10.1 Å². The summed E-state index contributed by atoms with van der Waals surface area (Å²) < 4.78 is 23.0.